The van der Waals surface area contributed by atoms with Crippen molar-refractivity contribution in [2.75, 3.05) is 0 Å². The lowest BCUT2D eigenvalue weighted by molar-refractivity contribution is 0.436. The van der Waals surface area contributed by atoms with Gasteiger partial charge in [0, 0.05) is 5.02 Å². The average molecular weight is 263 g/mol. The number of nitrogens with one attached hydrogen (secondary N) is 1. The lowest BCUT2D eigenvalue weighted by Crippen LogP contribution is -2.12. The van der Waals surface area contributed by atoms with Gasteiger partial charge in [0.15, 0.2) is 0 Å². The molecule has 0 aliphatic rings. The molecule has 0 atom stereocenters. The predicted molar refractivity (Wildman–Crippen MR) is 65.7 cm³/mol. The topological polar surface area (TPSA) is 83.3 Å². The van der Waals surface area contributed by atoms with Gasteiger partial charge in [0.25, 0.3) is 5.56 Å². The maximum atomic E-state index is 11.9. The number of aromatic amines is 1. The zero-order valence-electron chi connectivity index (χ0n) is 8.96. The van der Waals surface area contributed by atoms with Crippen molar-refractivity contribution in [2.45, 2.75) is 0 Å². The fraction of sp³-hybridized carbons (Fsp3) is 0. The van der Waals surface area contributed by atoms with E-state index in [4.69, 9.17) is 11.6 Å². The molecule has 0 spiro atoms. The Morgan fingerprint density at radius 2 is 2.00 bits per heavy atom. The molecule has 0 saturated carbocycles. The molecule has 6 nitrogen and oxygen atoms in total. The van der Waals surface area contributed by atoms with Gasteiger partial charge >= 0.3 is 0 Å². The molecule has 0 radical (unpaired) electrons. The maximum absolute atomic E-state index is 11.9. The number of hydrogen-bond donors (Lipinski definition) is 2. The van der Waals surface area contributed by atoms with Crippen molar-refractivity contribution in [3.05, 3.63) is 46.0 Å². The monoisotopic (exact) mass is 262 g/mol. The average Bonchev–Trinajstić information content (AvgIpc) is 2.80. The second kappa shape index (κ2) is 3.85. The Bertz CT molecular complexity index is 776. The van der Waals surface area contributed by atoms with Crippen molar-refractivity contribution >= 4 is 17.4 Å². The molecule has 3 aromatic rings. The molecule has 0 aliphatic carbocycles. The van der Waals surface area contributed by atoms with Crippen LogP contribution in [0.2, 0.25) is 5.02 Å². The third-order valence-corrected chi connectivity index (χ3v) is 2.81. The van der Waals surface area contributed by atoms with E-state index < -0.39 is 5.56 Å². The SMILES string of the molecule is O=c1[nH]c2ncnn2c(O)c1-c1ccc(Cl)cc1. The van der Waals surface area contributed by atoms with Crippen molar-refractivity contribution in [3.63, 3.8) is 0 Å². The number of benzene rings is 1. The molecule has 1 aromatic carbocycles. The van der Waals surface area contributed by atoms with Gasteiger partial charge in [-0.25, -0.2) is 0 Å². The van der Waals surface area contributed by atoms with Gasteiger partial charge in [0.2, 0.25) is 11.7 Å². The molecule has 0 bridgehead atoms. The van der Waals surface area contributed by atoms with E-state index in [1.165, 1.54) is 6.33 Å². The summed E-state index contributed by atoms with van der Waals surface area (Å²) >= 11 is 5.78. The fourth-order valence-corrected chi connectivity index (χ4v) is 1.86. The van der Waals surface area contributed by atoms with Gasteiger partial charge in [-0.2, -0.15) is 14.6 Å². The summed E-state index contributed by atoms with van der Waals surface area (Å²) in [5, 5.41) is 14.4. The molecule has 0 aliphatic heterocycles. The number of aromatic hydroxyl groups is 1. The fourth-order valence-electron chi connectivity index (χ4n) is 1.73. The zero-order chi connectivity index (χ0) is 12.7. The van der Waals surface area contributed by atoms with E-state index in [2.05, 4.69) is 15.1 Å². The molecule has 0 fully saturated rings. The number of H-pyrrole nitrogens is 1. The molecule has 3 rings (SSSR count). The van der Waals surface area contributed by atoms with Crippen molar-refractivity contribution in [2.24, 2.45) is 0 Å². The van der Waals surface area contributed by atoms with E-state index in [9.17, 15) is 9.90 Å². The van der Waals surface area contributed by atoms with Gasteiger partial charge in [-0.3, -0.25) is 9.78 Å². The summed E-state index contributed by atoms with van der Waals surface area (Å²) in [5.74, 6) is -0.0659. The van der Waals surface area contributed by atoms with E-state index in [-0.39, 0.29) is 17.2 Å². The maximum Gasteiger partial charge on any atom is 0.264 e. The second-order valence-electron chi connectivity index (χ2n) is 3.66. The summed E-state index contributed by atoms with van der Waals surface area (Å²) in [4.78, 5) is 18.2. The quantitative estimate of drug-likeness (QED) is 0.695. The highest BCUT2D eigenvalue weighted by atomic mass is 35.5. The van der Waals surface area contributed by atoms with Crippen LogP contribution in [0.4, 0.5) is 0 Å². The van der Waals surface area contributed by atoms with E-state index in [0.29, 0.717) is 10.6 Å². The third-order valence-electron chi connectivity index (χ3n) is 2.56. The largest absolute Gasteiger partial charge is 0.493 e. The highest BCUT2D eigenvalue weighted by Crippen LogP contribution is 2.25. The van der Waals surface area contributed by atoms with Gasteiger partial charge in [-0.15, -0.1) is 0 Å². The highest BCUT2D eigenvalue weighted by Gasteiger charge is 2.14. The summed E-state index contributed by atoms with van der Waals surface area (Å²) in [6, 6.07) is 6.58. The molecule has 2 heterocycles. The number of aromatic nitrogens is 4. The van der Waals surface area contributed by atoms with Crippen LogP contribution in [-0.4, -0.2) is 24.7 Å². The van der Waals surface area contributed by atoms with Crippen molar-refractivity contribution in [1.82, 2.24) is 19.6 Å². The summed E-state index contributed by atoms with van der Waals surface area (Å²) in [5.41, 5.74) is 0.246. The predicted octanol–water partition coefficient (Wildman–Crippen LogP) is 1.44. The Morgan fingerprint density at radius 3 is 2.72 bits per heavy atom. The van der Waals surface area contributed by atoms with Crippen LogP contribution < -0.4 is 5.56 Å². The molecular weight excluding hydrogens is 256 g/mol. The Hall–Kier alpha value is -2.34. The smallest absolute Gasteiger partial charge is 0.264 e. The summed E-state index contributed by atoms with van der Waals surface area (Å²) in [7, 11) is 0. The second-order valence-corrected chi connectivity index (χ2v) is 4.09. The first-order chi connectivity index (χ1) is 8.66. The van der Waals surface area contributed by atoms with Crippen LogP contribution in [0, 0.1) is 0 Å². The molecule has 2 N–H and O–H groups in total. The van der Waals surface area contributed by atoms with Crippen molar-refractivity contribution in [1.29, 1.82) is 0 Å². The van der Waals surface area contributed by atoms with Crippen molar-refractivity contribution in [3.8, 4) is 17.0 Å². The first-order valence-corrected chi connectivity index (χ1v) is 5.45. The zero-order valence-corrected chi connectivity index (χ0v) is 9.72. The van der Waals surface area contributed by atoms with E-state index in [0.717, 1.165) is 4.52 Å². The summed E-state index contributed by atoms with van der Waals surface area (Å²) in [6.45, 7) is 0. The van der Waals surface area contributed by atoms with Crippen LogP contribution in [0.5, 0.6) is 5.88 Å². The lowest BCUT2D eigenvalue weighted by atomic mass is 10.1. The molecule has 0 saturated heterocycles. The van der Waals surface area contributed by atoms with E-state index in [1.54, 1.807) is 24.3 Å². The van der Waals surface area contributed by atoms with E-state index >= 15 is 0 Å². The van der Waals surface area contributed by atoms with Gasteiger partial charge < -0.3 is 5.11 Å². The first-order valence-electron chi connectivity index (χ1n) is 5.08. The minimum Gasteiger partial charge on any atom is -0.493 e. The minimum absolute atomic E-state index is 0.129. The van der Waals surface area contributed by atoms with Gasteiger partial charge in [0.05, 0.1) is 0 Å². The number of halogens is 1. The molecule has 2 aromatic heterocycles. The molecule has 90 valence electrons. The molecule has 0 amide bonds. The normalized spacial score (nSPS) is 10.9. The first kappa shape index (κ1) is 10.8. The Balaban J connectivity index is 2.34. The number of rotatable bonds is 1. The molecular formula is C11H7ClN4O2. The third kappa shape index (κ3) is 1.54. The Kier molecular flexibility index (Phi) is 2.31. The molecule has 18 heavy (non-hydrogen) atoms. The lowest BCUT2D eigenvalue weighted by Gasteiger charge is -2.04. The summed E-state index contributed by atoms with van der Waals surface area (Å²) < 4.78 is 1.16. The van der Waals surface area contributed by atoms with Crippen LogP contribution >= 0.6 is 11.6 Å². The number of hydrogen-bond acceptors (Lipinski definition) is 4. The Morgan fingerprint density at radius 1 is 1.28 bits per heavy atom. The van der Waals surface area contributed by atoms with E-state index in [1.807, 2.05) is 0 Å². The van der Waals surface area contributed by atoms with Crippen LogP contribution in [0.15, 0.2) is 35.4 Å². The number of nitrogens with zero attached hydrogens (tertiary/aromatic N) is 3. The van der Waals surface area contributed by atoms with Gasteiger partial charge in [0.1, 0.15) is 11.9 Å². The van der Waals surface area contributed by atoms with Gasteiger partial charge in [-0.05, 0) is 17.7 Å². The van der Waals surface area contributed by atoms with Crippen LogP contribution in [0.1, 0.15) is 0 Å². The van der Waals surface area contributed by atoms with Crippen LogP contribution in [-0.2, 0) is 0 Å². The minimum atomic E-state index is -0.435. The molecule has 0 unspecified atom stereocenters. The van der Waals surface area contributed by atoms with Crippen molar-refractivity contribution < 1.29 is 5.11 Å². The van der Waals surface area contributed by atoms with Crippen LogP contribution in [0.3, 0.4) is 0 Å². The Labute approximate surface area is 105 Å². The summed E-state index contributed by atoms with van der Waals surface area (Å²) in [6.07, 6.45) is 1.25. The number of fused-ring (bicyclic) bond motifs is 1. The standard InChI is InChI=1S/C11H7ClN4O2/c12-7-3-1-6(2-4-7)8-9(17)15-11-13-5-14-16(11)10(8)18/h1-5,18H,(H,13,14,15,17). The highest BCUT2D eigenvalue weighted by molar-refractivity contribution is 6.30. The van der Waals surface area contributed by atoms with Gasteiger partial charge in [-0.1, -0.05) is 23.7 Å². The van der Waals surface area contributed by atoms with Crippen LogP contribution in [0.25, 0.3) is 16.9 Å². The molecule has 7 heteroatoms.